The smallest absolute Gasteiger partial charge is 0.268 e. The molecule has 90 valence electrons. The van der Waals surface area contributed by atoms with Crippen molar-refractivity contribution in [1.29, 1.82) is 0 Å². The molecule has 0 bridgehead atoms. The van der Waals surface area contributed by atoms with Crippen molar-refractivity contribution in [3.8, 4) is 22.2 Å². The molecular formula is C13H9FN2OS. The van der Waals surface area contributed by atoms with Crippen LogP contribution in [0.5, 0.6) is 0 Å². The zero-order valence-corrected chi connectivity index (χ0v) is 10.4. The van der Waals surface area contributed by atoms with E-state index in [0.717, 1.165) is 16.0 Å². The maximum atomic E-state index is 13.0. The number of hydrogen-bond donors (Lipinski definition) is 0. The van der Waals surface area contributed by atoms with Crippen molar-refractivity contribution in [1.82, 2.24) is 10.1 Å². The van der Waals surface area contributed by atoms with Crippen molar-refractivity contribution in [3.63, 3.8) is 0 Å². The Morgan fingerprint density at radius 1 is 1.28 bits per heavy atom. The molecule has 0 saturated heterocycles. The molecule has 0 aliphatic rings. The summed E-state index contributed by atoms with van der Waals surface area (Å²) in [4.78, 5) is 5.25. The van der Waals surface area contributed by atoms with Crippen molar-refractivity contribution in [3.05, 3.63) is 47.1 Å². The minimum Gasteiger partial charge on any atom is -0.333 e. The van der Waals surface area contributed by atoms with Crippen LogP contribution >= 0.6 is 11.3 Å². The van der Waals surface area contributed by atoms with Crippen molar-refractivity contribution >= 4 is 11.3 Å². The summed E-state index contributed by atoms with van der Waals surface area (Å²) < 4.78 is 18.2. The van der Waals surface area contributed by atoms with Crippen LogP contribution < -0.4 is 0 Å². The fourth-order valence-electron chi connectivity index (χ4n) is 1.71. The molecule has 2 aromatic heterocycles. The van der Waals surface area contributed by atoms with Gasteiger partial charge in [0, 0.05) is 5.56 Å². The summed E-state index contributed by atoms with van der Waals surface area (Å²) in [7, 11) is 0. The van der Waals surface area contributed by atoms with Crippen molar-refractivity contribution in [2.75, 3.05) is 0 Å². The summed E-state index contributed by atoms with van der Waals surface area (Å²) in [5.74, 6) is 0.706. The fraction of sp³-hybridized carbons (Fsp3) is 0.0769. The lowest BCUT2D eigenvalue weighted by Gasteiger charge is -1.99. The second kappa shape index (κ2) is 4.34. The molecular weight excluding hydrogens is 251 g/mol. The van der Waals surface area contributed by atoms with Gasteiger partial charge in [-0.25, -0.2) is 4.39 Å². The first-order valence-electron chi connectivity index (χ1n) is 5.38. The van der Waals surface area contributed by atoms with Gasteiger partial charge < -0.3 is 4.52 Å². The van der Waals surface area contributed by atoms with Gasteiger partial charge in [-0.3, -0.25) is 0 Å². The Kier molecular flexibility index (Phi) is 2.68. The van der Waals surface area contributed by atoms with Crippen LogP contribution in [0.4, 0.5) is 4.39 Å². The highest BCUT2D eigenvalue weighted by molar-refractivity contribution is 7.13. The standard InChI is InChI=1S/C13H9FN2OS/c1-8-7-9(14)4-5-10(8)12-15-13(17-16-12)11-3-2-6-18-11/h2-7H,1H3. The van der Waals surface area contributed by atoms with E-state index in [0.29, 0.717) is 11.7 Å². The lowest BCUT2D eigenvalue weighted by Crippen LogP contribution is -1.87. The molecule has 2 heterocycles. The Bertz CT molecular complexity index is 676. The van der Waals surface area contributed by atoms with Crippen molar-refractivity contribution in [2.45, 2.75) is 6.92 Å². The molecule has 0 aliphatic carbocycles. The topological polar surface area (TPSA) is 38.9 Å². The number of hydrogen-bond acceptors (Lipinski definition) is 4. The second-order valence-electron chi connectivity index (χ2n) is 3.86. The maximum Gasteiger partial charge on any atom is 0.268 e. The van der Waals surface area contributed by atoms with Gasteiger partial charge in [-0.15, -0.1) is 11.3 Å². The number of aromatic nitrogens is 2. The largest absolute Gasteiger partial charge is 0.333 e. The van der Waals surface area contributed by atoms with Gasteiger partial charge in [-0.1, -0.05) is 11.2 Å². The molecule has 5 heteroatoms. The Labute approximate surface area is 107 Å². The molecule has 3 aromatic rings. The van der Waals surface area contributed by atoms with Gasteiger partial charge in [0.1, 0.15) is 5.82 Å². The molecule has 0 N–H and O–H groups in total. The summed E-state index contributed by atoms with van der Waals surface area (Å²) >= 11 is 1.53. The molecule has 18 heavy (non-hydrogen) atoms. The van der Waals surface area contributed by atoms with E-state index < -0.39 is 0 Å². The van der Waals surface area contributed by atoms with Gasteiger partial charge in [-0.2, -0.15) is 4.98 Å². The maximum absolute atomic E-state index is 13.0. The molecule has 0 spiro atoms. The zero-order valence-electron chi connectivity index (χ0n) is 9.55. The molecule has 0 atom stereocenters. The first-order valence-corrected chi connectivity index (χ1v) is 6.26. The van der Waals surface area contributed by atoms with E-state index in [2.05, 4.69) is 10.1 Å². The minimum absolute atomic E-state index is 0.266. The average molecular weight is 260 g/mol. The quantitative estimate of drug-likeness (QED) is 0.701. The molecule has 0 saturated carbocycles. The highest BCUT2D eigenvalue weighted by atomic mass is 32.1. The van der Waals surface area contributed by atoms with Crippen LogP contribution in [0.25, 0.3) is 22.2 Å². The van der Waals surface area contributed by atoms with Crippen LogP contribution in [0.3, 0.4) is 0 Å². The molecule has 3 nitrogen and oxygen atoms in total. The van der Waals surface area contributed by atoms with Gasteiger partial charge in [0.25, 0.3) is 5.89 Å². The summed E-state index contributed by atoms with van der Waals surface area (Å²) in [5.41, 5.74) is 1.57. The average Bonchev–Trinajstić information content (AvgIpc) is 2.99. The zero-order chi connectivity index (χ0) is 12.5. The van der Waals surface area contributed by atoms with Crippen LogP contribution in [0.2, 0.25) is 0 Å². The first kappa shape index (κ1) is 11.1. The SMILES string of the molecule is Cc1cc(F)ccc1-c1noc(-c2cccs2)n1. The molecule has 0 fully saturated rings. The Morgan fingerprint density at radius 3 is 2.89 bits per heavy atom. The van der Waals surface area contributed by atoms with Gasteiger partial charge in [0.15, 0.2) is 0 Å². The normalized spacial score (nSPS) is 10.8. The van der Waals surface area contributed by atoms with Gasteiger partial charge >= 0.3 is 0 Å². The van der Waals surface area contributed by atoms with Crippen LogP contribution in [0.1, 0.15) is 5.56 Å². The second-order valence-corrected chi connectivity index (χ2v) is 4.81. The van der Waals surface area contributed by atoms with E-state index in [1.807, 2.05) is 24.4 Å². The minimum atomic E-state index is -0.266. The summed E-state index contributed by atoms with van der Waals surface area (Å²) in [5, 5.41) is 5.88. The third kappa shape index (κ3) is 1.93. The van der Waals surface area contributed by atoms with Crippen molar-refractivity contribution in [2.24, 2.45) is 0 Å². The predicted molar refractivity (Wildman–Crippen MR) is 67.7 cm³/mol. The van der Waals surface area contributed by atoms with Gasteiger partial charge in [0.2, 0.25) is 5.82 Å². The van der Waals surface area contributed by atoms with E-state index in [9.17, 15) is 4.39 Å². The molecule has 0 unspecified atom stereocenters. The molecule has 1 aromatic carbocycles. The van der Waals surface area contributed by atoms with Crippen LogP contribution in [-0.4, -0.2) is 10.1 Å². The first-order chi connectivity index (χ1) is 8.74. The third-order valence-corrected chi connectivity index (χ3v) is 3.45. The van der Waals surface area contributed by atoms with E-state index in [-0.39, 0.29) is 5.82 Å². The Hall–Kier alpha value is -2.01. The van der Waals surface area contributed by atoms with Gasteiger partial charge in [0.05, 0.1) is 4.88 Å². The highest BCUT2D eigenvalue weighted by Crippen LogP contribution is 2.27. The number of halogens is 1. The summed E-state index contributed by atoms with van der Waals surface area (Å²) in [6.45, 7) is 1.82. The summed E-state index contributed by atoms with van der Waals surface area (Å²) in [6.07, 6.45) is 0. The number of rotatable bonds is 2. The van der Waals surface area contributed by atoms with E-state index >= 15 is 0 Å². The molecule has 0 amide bonds. The van der Waals surface area contributed by atoms with Crippen molar-refractivity contribution < 1.29 is 8.91 Å². The fourth-order valence-corrected chi connectivity index (χ4v) is 2.36. The van der Waals surface area contributed by atoms with Crippen LogP contribution in [-0.2, 0) is 0 Å². The van der Waals surface area contributed by atoms with Crippen LogP contribution in [0, 0.1) is 12.7 Å². The van der Waals surface area contributed by atoms with E-state index in [4.69, 9.17) is 4.52 Å². The molecule has 0 aliphatic heterocycles. The Balaban J connectivity index is 2.03. The number of aryl methyl sites for hydroxylation is 1. The lowest BCUT2D eigenvalue weighted by molar-refractivity contribution is 0.433. The molecule has 0 radical (unpaired) electrons. The Morgan fingerprint density at radius 2 is 2.17 bits per heavy atom. The summed E-state index contributed by atoms with van der Waals surface area (Å²) in [6, 6.07) is 8.35. The number of thiophene rings is 1. The number of nitrogens with zero attached hydrogens (tertiary/aromatic N) is 2. The lowest BCUT2D eigenvalue weighted by atomic mass is 10.1. The molecule has 3 rings (SSSR count). The number of benzene rings is 1. The highest BCUT2D eigenvalue weighted by Gasteiger charge is 2.13. The van der Waals surface area contributed by atoms with E-state index in [1.165, 1.54) is 23.5 Å². The monoisotopic (exact) mass is 260 g/mol. The van der Waals surface area contributed by atoms with Crippen LogP contribution in [0.15, 0.2) is 40.2 Å². The van der Waals surface area contributed by atoms with E-state index in [1.54, 1.807) is 6.07 Å². The van der Waals surface area contributed by atoms with Gasteiger partial charge in [-0.05, 0) is 42.1 Å². The third-order valence-electron chi connectivity index (χ3n) is 2.59. The predicted octanol–water partition coefficient (Wildman–Crippen LogP) is 3.91.